The van der Waals surface area contributed by atoms with Crippen molar-refractivity contribution in [3.05, 3.63) is 64.4 Å². The number of amides is 2. The van der Waals surface area contributed by atoms with E-state index in [1.54, 1.807) is 6.20 Å². The number of imide groups is 1. The molecule has 1 aromatic heterocycles. The van der Waals surface area contributed by atoms with Crippen molar-refractivity contribution >= 4 is 27.7 Å². The third kappa shape index (κ3) is 3.85. The van der Waals surface area contributed by atoms with Crippen LogP contribution in [-0.4, -0.2) is 21.7 Å². The van der Waals surface area contributed by atoms with Crippen LogP contribution in [0.15, 0.2) is 53.1 Å². The largest absolute Gasteiger partial charge is 0.276 e. The minimum absolute atomic E-state index is 0.0715. The lowest BCUT2D eigenvalue weighted by Crippen LogP contribution is -2.30. The first-order chi connectivity index (χ1) is 11.1. The Morgan fingerprint density at radius 2 is 1.91 bits per heavy atom. The van der Waals surface area contributed by atoms with Crippen molar-refractivity contribution < 1.29 is 9.59 Å². The Bertz CT molecular complexity index is 701. The van der Waals surface area contributed by atoms with Crippen molar-refractivity contribution in [2.75, 3.05) is 0 Å². The van der Waals surface area contributed by atoms with E-state index in [2.05, 4.69) is 20.9 Å². The van der Waals surface area contributed by atoms with E-state index in [0.717, 1.165) is 16.6 Å². The van der Waals surface area contributed by atoms with Gasteiger partial charge in [0.15, 0.2) is 0 Å². The lowest BCUT2D eigenvalue weighted by molar-refractivity contribution is -0.140. The fraction of sp³-hybridized carbons (Fsp3) is 0.278. The summed E-state index contributed by atoms with van der Waals surface area (Å²) >= 11 is 3.41. The van der Waals surface area contributed by atoms with Crippen LogP contribution in [0, 0.1) is 5.92 Å². The summed E-state index contributed by atoms with van der Waals surface area (Å²) in [7, 11) is 0. The van der Waals surface area contributed by atoms with Crippen LogP contribution in [-0.2, 0) is 22.6 Å². The van der Waals surface area contributed by atoms with Crippen LogP contribution in [0.1, 0.15) is 24.1 Å². The average Bonchev–Trinajstić information content (AvgIpc) is 2.83. The molecular formula is C18H17BrN2O2. The summed E-state index contributed by atoms with van der Waals surface area (Å²) in [6.45, 7) is 0.271. The molecule has 1 saturated heterocycles. The van der Waals surface area contributed by atoms with Gasteiger partial charge in [-0.2, -0.15) is 0 Å². The summed E-state index contributed by atoms with van der Waals surface area (Å²) in [5, 5.41) is 0. The number of aryl methyl sites for hydroxylation is 1. The van der Waals surface area contributed by atoms with Crippen LogP contribution in [0.5, 0.6) is 0 Å². The molecule has 0 spiro atoms. The molecule has 3 rings (SSSR count). The molecule has 2 heterocycles. The monoisotopic (exact) mass is 372 g/mol. The molecule has 0 N–H and O–H groups in total. The summed E-state index contributed by atoms with van der Waals surface area (Å²) < 4.78 is 1.04. The average molecular weight is 373 g/mol. The Morgan fingerprint density at radius 1 is 1.13 bits per heavy atom. The summed E-state index contributed by atoms with van der Waals surface area (Å²) in [6.07, 6.45) is 3.48. The number of hydrogen-bond acceptors (Lipinski definition) is 3. The van der Waals surface area contributed by atoms with E-state index < -0.39 is 0 Å². The van der Waals surface area contributed by atoms with E-state index in [-0.39, 0.29) is 24.3 Å². The summed E-state index contributed by atoms with van der Waals surface area (Å²) in [4.78, 5) is 30.1. The van der Waals surface area contributed by atoms with Crippen LogP contribution < -0.4 is 0 Å². The van der Waals surface area contributed by atoms with Gasteiger partial charge < -0.3 is 0 Å². The maximum atomic E-state index is 12.5. The molecule has 118 valence electrons. The fourth-order valence-corrected chi connectivity index (χ4v) is 3.05. The molecule has 0 aliphatic carbocycles. The molecule has 0 bridgehead atoms. The summed E-state index contributed by atoms with van der Waals surface area (Å²) in [5.74, 6) is -0.380. The minimum atomic E-state index is -0.213. The number of nitrogens with zero attached hydrogens (tertiary/aromatic N) is 2. The third-order valence-electron chi connectivity index (χ3n) is 4.08. The molecule has 1 aliphatic heterocycles. The number of halogens is 1. The van der Waals surface area contributed by atoms with Gasteiger partial charge >= 0.3 is 0 Å². The topological polar surface area (TPSA) is 50.3 Å². The van der Waals surface area contributed by atoms with Crippen LogP contribution in [0.4, 0.5) is 0 Å². The number of rotatable bonds is 5. The number of likely N-dealkylation sites (tertiary alicyclic amines) is 1. The highest BCUT2D eigenvalue weighted by atomic mass is 79.9. The molecule has 0 saturated carbocycles. The van der Waals surface area contributed by atoms with Crippen LogP contribution in [0.2, 0.25) is 0 Å². The fourth-order valence-electron chi connectivity index (χ4n) is 2.79. The maximum Gasteiger partial charge on any atom is 0.233 e. The van der Waals surface area contributed by atoms with E-state index >= 15 is 0 Å². The van der Waals surface area contributed by atoms with Gasteiger partial charge in [-0.05, 0) is 42.7 Å². The van der Waals surface area contributed by atoms with Crippen molar-refractivity contribution in [3.63, 3.8) is 0 Å². The minimum Gasteiger partial charge on any atom is -0.276 e. The number of carbonyl (C=O) groups excluding carboxylic acids is 2. The molecule has 1 atom stereocenters. The van der Waals surface area contributed by atoms with Crippen molar-refractivity contribution in [2.24, 2.45) is 5.92 Å². The molecule has 2 aromatic rings. The Balaban J connectivity index is 1.60. The van der Waals surface area contributed by atoms with E-state index in [4.69, 9.17) is 0 Å². The van der Waals surface area contributed by atoms with E-state index in [9.17, 15) is 9.59 Å². The van der Waals surface area contributed by atoms with Gasteiger partial charge in [0.05, 0.1) is 12.2 Å². The summed E-state index contributed by atoms with van der Waals surface area (Å²) in [6, 6.07) is 13.6. The van der Waals surface area contributed by atoms with Crippen LogP contribution >= 0.6 is 15.9 Å². The number of hydrogen-bond donors (Lipinski definition) is 0. The SMILES string of the molecule is O=C1CC(CCc2ccc(Br)cc2)C(=O)N1Cc1ccccn1. The molecule has 4 nitrogen and oxygen atoms in total. The first-order valence-corrected chi connectivity index (χ1v) is 8.41. The third-order valence-corrected chi connectivity index (χ3v) is 4.61. The second kappa shape index (κ2) is 7.04. The number of benzene rings is 1. The van der Waals surface area contributed by atoms with Gasteiger partial charge in [-0.25, -0.2) is 0 Å². The highest BCUT2D eigenvalue weighted by molar-refractivity contribution is 9.10. The number of aromatic nitrogens is 1. The summed E-state index contributed by atoms with van der Waals surface area (Å²) in [5.41, 5.74) is 1.92. The molecular weight excluding hydrogens is 356 g/mol. The highest BCUT2D eigenvalue weighted by Crippen LogP contribution is 2.26. The number of pyridine rings is 1. The molecule has 5 heteroatoms. The van der Waals surface area contributed by atoms with Gasteiger partial charge in [-0.3, -0.25) is 19.5 Å². The van der Waals surface area contributed by atoms with Crippen LogP contribution in [0.25, 0.3) is 0 Å². The first kappa shape index (κ1) is 15.9. The Labute approximate surface area is 143 Å². The zero-order chi connectivity index (χ0) is 16.2. The highest BCUT2D eigenvalue weighted by Gasteiger charge is 2.38. The van der Waals surface area contributed by atoms with Gasteiger partial charge in [0.2, 0.25) is 11.8 Å². The molecule has 0 radical (unpaired) electrons. The maximum absolute atomic E-state index is 12.5. The second-order valence-corrected chi connectivity index (χ2v) is 6.62. The van der Waals surface area contributed by atoms with Crippen molar-refractivity contribution in [2.45, 2.75) is 25.8 Å². The van der Waals surface area contributed by atoms with Gasteiger partial charge in [-0.15, -0.1) is 0 Å². The quantitative estimate of drug-likeness (QED) is 0.756. The molecule has 1 unspecified atom stereocenters. The molecule has 1 aromatic carbocycles. The van der Waals surface area contributed by atoms with Crippen molar-refractivity contribution in [1.82, 2.24) is 9.88 Å². The van der Waals surface area contributed by atoms with Crippen LogP contribution in [0.3, 0.4) is 0 Å². The Hall–Kier alpha value is -2.01. The normalized spacial score (nSPS) is 17.8. The van der Waals surface area contributed by atoms with E-state index in [1.807, 2.05) is 42.5 Å². The first-order valence-electron chi connectivity index (χ1n) is 7.62. The zero-order valence-electron chi connectivity index (χ0n) is 12.6. The van der Waals surface area contributed by atoms with E-state index in [1.165, 1.54) is 10.5 Å². The van der Waals surface area contributed by atoms with Crippen molar-refractivity contribution in [3.8, 4) is 0 Å². The van der Waals surface area contributed by atoms with Crippen molar-refractivity contribution in [1.29, 1.82) is 0 Å². The Morgan fingerprint density at radius 3 is 2.61 bits per heavy atom. The van der Waals surface area contributed by atoms with Gasteiger partial charge in [0, 0.05) is 23.0 Å². The smallest absolute Gasteiger partial charge is 0.233 e. The molecule has 1 fully saturated rings. The predicted octanol–water partition coefficient (Wildman–Crippen LogP) is 3.35. The predicted molar refractivity (Wildman–Crippen MR) is 90.4 cm³/mol. The second-order valence-electron chi connectivity index (χ2n) is 5.71. The lowest BCUT2D eigenvalue weighted by Gasteiger charge is -2.14. The molecule has 2 amide bonds. The van der Waals surface area contributed by atoms with Gasteiger partial charge in [-0.1, -0.05) is 34.1 Å². The standard InChI is InChI=1S/C18H17BrN2O2/c19-15-8-5-13(6-9-15)4-7-14-11-17(22)21(18(14)23)12-16-3-1-2-10-20-16/h1-3,5-6,8-10,14H,4,7,11-12H2. The molecule has 23 heavy (non-hydrogen) atoms. The zero-order valence-corrected chi connectivity index (χ0v) is 14.2. The Kier molecular flexibility index (Phi) is 4.86. The number of carbonyl (C=O) groups is 2. The van der Waals surface area contributed by atoms with E-state index in [0.29, 0.717) is 12.8 Å². The van der Waals surface area contributed by atoms with Gasteiger partial charge in [0.25, 0.3) is 0 Å². The lowest BCUT2D eigenvalue weighted by atomic mass is 9.98. The van der Waals surface area contributed by atoms with Gasteiger partial charge in [0.1, 0.15) is 0 Å². The molecule has 1 aliphatic rings.